The molecule has 5 nitrogen and oxygen atoms in total. The number of benzene rings is 1. The molecule has 0 saturated heterocycles. The van der Waals surface area contributed by atoms with Crippen molar-refractivity contribution in [1.82, 2.24) is 9.78 Å². The number of rotatable bonds is 2. The van der Waals surface area contributed by atoms with Crippen LogP contribution in [0, 0.1) is 22.7 Å². The minimum Gasteiger partial charge on any atom is -0.398 e. The van der Waals surface area contributed by atoms with Crippen LogP contribution in [0.3, 0.4) is 0 Å². The number of nitrogen functional groups attached to an aromatic ring is 1. The second-order valence-electron chi connectivity index (χ2n) is 3.47. The van der Waals surface area contributed by atoms with Gasteiger partial charge in [0.25, 0.3) is 0 Å². The first-order valence-electron chi connectivity index (χ1n) is 4.95. The molecule has 0 spiro atoms. The number of anilines is 1. The predicted octanol–water partition coefficient (Wildman–Crippen LogP) is 1.39. The smallest absolute Gasteiger partial charge is 0.102 e. The minimum absolute atomic E-state index is 0.155. The van der Waals surface area contributed by atoms with E-state index in [4.69, 9.17) is 16.3 Å². The average molecular weight is 223 g/mol. The van der Waals surface area contributed by atoms with E-state index in [1.54, 1.807) is 35.3 Å². The Bertz CT molecular complexity index is 614. The van der Waals surface area contributed by atoms with Crippen molar-refractivity contribution in [3.8, 4) is 17.8 Å². The molecule has 0 aliphatic heterocycles. The van der Waals surface area contributed by atoms with Crippen molar-refractivity contribution in [2.45, 2.75) is 6.42 Å². The second kappa shape index (κ2) is 4.38. The van der Waals surface area contributed by atoms with Crippen molar-refractivity contribution in [3.05, 3.63) is 41.7 Å². The Balaban J connectivity index is 2.59. The Morgan fingerprint density at radius 2 is 2.18 bits per heavy atom. The molecule has 0 saturated carbocycles. The molecule has 1 aromatic carbocycles. The summed E-state index contributed by atoms with van der Waals surface area (Å²) in [7, 11) is 0. The molecule has 82 valence electrons. The van der Waals surface area contributed by atoms with Crippen LogP contribution >= 0.6 is 0 Å². The van der Waals surface area contributed by atoms with Crippen LogP contribution in [0.15, 0.2) is 30.6 Å². The number of nitrogens with zero attached hydrogens (tertiary/aromatic N) is 4. The zero-order chi connectivity index (χ0) is 12.3. The van der Waals surface area contributed by atoms with Crippen LogP contribution in [0.2, 0.25) is 0 Å². The third kappa shape index (κ3) is 1.95. The average Bonchev–Trinajstić information content (AvgIpc) is 2.82. The number of hydrogen-bond acceptors (Lipinski definition) is 4. The molecule has 0 aliphatic carbocycles. The standard InChI is InChI=1S/C12H9N5/c13-3-2-9-6-10(17-5-1-4-16-17)7-12(15)11(9)8-14/h1,4-7H,2,15H2. The maximum absolute atomic E-state index is 8.99. The SMILES string of the molecule is N#CCc1cc(-n2cccn2)cc(N)c1C#N. The fourth-order valence-corrected chi connectivity index (χ4v) is 1.62. The van der Waals surface area contributed by atoms with E-state index in [0.29, 0.717) is 16.8 Å². The lowest BCUT2D eigenvalue weighted by atomic mass is 10.0. The summed E-state index contributed by atoms with van der Waals surface area (Å²) in [6.07, 6.45) is 3.58. The largest absolute Gasteiger partial charge is 0.398 e. The van der Waals surface area contributed by atoms with Crippen LogP contribution in [0.1, 0.15) is 11.1 Å². The summed E-state index contributed by atoms with van der Waals surface area (Å²) >= 11 is 0. The van der Waals surface area contributed by atoms with Gasteiger partial charge in [0.05, 0.1) is 29.4 Å². The Hall–Kier alpha value is -2.79. The van der Waals surface area contributed by atoms with Crippen LogP contribution in [0.5, 0.6) is 0 Å². The Morgan fingerprint density at radius 3 is 2.76 bits per heavy atom. The highest BCUT2D eigenvalue weighted by molar-refractivity contribution is 5.63. The first kappa shape index (κ1) is 10.7. The molecule has 0 aliphatic rings. The van der Waals surface area contributed by atoms with Crippen molar-refractivity contribution in [1.29, 1.82) is 10.5 Å². The number of aromatic nitrogens is 2. The van der Waals surface area contributed by atoms with Crippen molar-refractivity contribution in [2.24, 2.45) is 0 Å². The van der Waals surface area contributed by atoms with Gasteiger partial charge in [-0.2, -0.15) is 15.6 Å². The maximum Gasteiger partial charge on any atom is 0.102 e. The van der Waals surface area contributed by atoms with E-state index >= 15 is 0 Å². The zero-order valence-electron chi connectivity index (χ0n) is 8.96. The molecular weight excluding hydrogens is 214 g/mol. The van der Waals surface area contributed by atoms with Gasteiger partial charge in [0, 0.05) is 12.4 Å². The lowest BCUT2D eigenvalue weighted by Crippen LogP contribution is -2.02. The van der Waals surface area contributed by atoms with E-state index in [2.05, 4.69) is 5.10 Å². The lowest BCUT2D eigenvalue weighted by molar-refractivity contribution is 0.878. The van der Waals surface area contributed by atoms with Gasteiger partial charge in [0.15, 0.2) is 0 Å². The van der Waals surface area contributed by atoms with Gasteiger partial charge in [-0.15, -0.1) is 0 Å². The van der Waals surface area contributed by atoms with Crippen LogP contribution in [0.4, 0.5) is 5.69 Å². The fourth-order valence-electron chi connectivity index (χ4n) is 1.62. The molecule has 2 N–H and O–H groups in total. The molecule has 0 radical (unpaired) electrons. The Labute approximate surface area is 98.3 Å². The van der Waals surface area contributed by atoms with E-state index in [1.165, 1.54) is 0 Å². The van der Waals surface area contributed by atoms with Gasteiger partial charge in [0.2, 0.25) is 0 Å². The molecule has 0 atom stereocenters. The summed E-state index contributed by atoms with van der Waals surface area (Å²) in [5.41, 5.74) is 7.90. The summed E-state index contributed by atoms with van der Waals surface area (Å²) in [5, 5.41) is 21.8. The first-order valence-corrected chi connectivity index (χ1v) is 4.95. The van der Waals surface area contributed by atoms with Crippen LogP contribution < -0.4 is 5.73 Å². The molecule has 1 aromatic heterocycles. The minimum atomic E-state index is 0.155. The molecule has 5 heteroatoms. The van der Waals surface area contributed by atoms with Crippen molar-refractivity contribution in [2.75, 3.05) is 5.73 Å². The number of nitriles is 2. The van der Waals surface area contributed by atoms with Crippen LogP contribution in [-0.4, -0.2) is 9.78 Å². The van der Waals surface area contributed by atoms with Crippen molar-refractivity contribution >= 4 is 5.69 Å². The quantitative estimate of drug-likeness (QED) is 0.779. The summed E-state index contributed by atoms with van der Waals surface area (Å²) in [4.78, 5) is 0. The van der Waals surface area contributed by atoms with Gasteiger partial charge in [-0.1, -0.05) is 0 Å². The van der Waals surface area contributed by atoms with E-state index in [9.17, 15) is 0 Å². The Morgan fingerprint density at radius 1 is 1.35 bits per heavy atom. The summed E-state index contributed by atoms with van der Waals surface area (Å²) in [6, 6.07) is 9.26. The molecule has 17 heavy (non-hydrogen) atoms. The first-order chi connectivity index (χ1) is 8.26. The van der Waals surface area contributed by atoms with Gasteiger partial charge < -0.3 is 5.73 Å². The van der Waals surface area contributed by atoms with Gasteiger partial charge >= 0.3 is 0 Å². The van der Waals surface area contributed by atoms with Gasteiger partial charge in [-0.05, 0) is 23.8 Å². The monoisotopic (exact) mass is 223 g/mol. The van der Waals surface area contributed by atoms with Gasteiger partial charge in [-0.25, -0.2) is 4.68 Å². The summed E-state index contributed by atoms with van der Waals surface area (Å²) in [6.45, 7) is 0. The lowest BCUT2D eigenvalue weighted by Gasteiger charge is -2.08. The molecule has 1 heterocycles. The molecule has 2 aromatic rings. The van der Waals surface area contributed by atoms with Crippen LogP contribution in [-0.2, 0) is 6.42 Å². The fraction of sp³-hybridized carbons (Fsp3) is 0.0833. The molecule has 0 unspecified atom stereocenters. The summed E-state index contributed by atoms with van der Waals surface area (Å²) < 4.78 is 1.64. The third-order valence-corrected chi connectivity index (χ3v) is 2.39. The third-order valence-electron chi connectivity index (χ3n) is 2.39. The summed E-state index contributed by atoms with van der Waals surface area (Å²) in [5.74, 6) is 0. The highest BCUT2D eigenvalue weighted by atomic mass is 15.3. The molecule has 0 bridgehead atoms. The molecule has 0 fully saturated rings. The highest BCUT2D eigenvalue weighted by Gasteiger charge is 2.09. The topological polar surface area (TPSA) is 91.4 Å². The highest BCUT2D eigenvalue weighted by Crippen LogP contribution is 2.21. The molecular formula is C12H9N5. The van der Waals surface area contributed by atoms with Crippen molar-refractivity contribution < 1.29 is 0 Å². The van der Waals surface area contributed by atoms with E-state index < -0.39 is 0 Å². The van der Waals surface area contributed by atoms with E-state index in [1.807, 2.05) is 12.1 Å². The number of nitrogens with two attached hydrogens (primary N) is 1. The number of hydrogen-bond donors (Lipinski definition) is 1. The van der Waals surface area contributed by atoms with E-state index in [-0.39, 0.29) is 6.42 Å². The molecule has 2 rings (SSSR count). The molecule has 0 amide bonds. The van der Waals surface area contributed by atoms with Crippen LogP contribution in [0.25, 0.3) is 5.69 Å². The predicted molar refractivity (Wildman–Crippen MR) is 62.0 cm³/mol. The van der Waals surface area contributed by atoms with Gasteiger partial charge in [0.1, 0.15) is 6.07 Å². The van der Waals surface area contributed by atoms with Crippen molar-refractivity contribution in [3.63, 3.8) is 0 Å². The second-order valence-corrected chi connectivity index (χ2v) is 3.47. The zero-order valence-corrected chi connectivity index (χ0v) is 8.96. The normalized spacial score (nSPS) is 9.53. The Kier molecular flexibility index (Phi) is 2.76. The van der Waals surface area contributed by atoms with E-state index in [0.717, 1.165) is 5.69 Å². The maximum atomic E-state index is 8.99. The van der Waals surface area contributed by atoms with Gasteiger partial charge in [-0.3, -0.25) is 0 Å².